The molecule has 3 aromatic carbocycles. The normalized spacial score (nSPS) is 22.0. The number of aryl methyl sites for hydroxylation is 1. The average molecular weight is 856 g/mol. The molecule has 1 unspecified atom stereocenters. The summed E-state index contributed by atoms with van der Waals surface area (Å²) < 4.78 is 13.0. The van der Waals surface area contributed by atoms with Crippen molar-refractivity contribution in [2.45, 2.75) is 108 Å². The Morgan fingerprint density at radius 1 is 0.935 bits per heavy atom. The van der Waals surface area contributed by atoms with E-state index < -0.39 is 11.5 Å². The molecule has 1 spiro atoms. The summed E-state index contributed by atoms with van der Waals surface area (Å²) in [6.07, 6.45) is 15.1. The van der Waals surface area contributed by atoms with Crippen LogP contribution in [0, 0.1) is 11.8 Å². The van der Waals surface area contributed by atoms with Crippen LogP contribution in [0.5, 0.6) is 11.5 Å². The number of aromatic nitrogens is 2. The van der Waals surface area contributed by atoms with Gasteiger partial charge in [-0.2, -0.15) is 0 Å². The Hall–Kier alpha value is -5.41. The third kappa shape index (κ3) is 9.78. The highest BCUT2D eigenvalue weighted by Gasteiger charge is 2.54. The number of aliphatic carboxylic acids is 1. The summed E-state index contributed by atoms with van der Waals surface area (Å²) in [5.41, 5.74) is 7.55. The zero-order valence-corrected chi connectivity index (χ0v) is 36.8. The van der Waals surface area contributed by atoms with Crippen LogP contribution in [0.3, 0.4) is 0 Å². The van der Waals surface area contributed by atoms with Crippen LogP contribution in [0.4, 0.5) is 5.69 Å². The molecular formula is C52H59ClN4O5. The van der Waals surface area contributed by atoms with E-state index in [4.69, 9.17) is 21.1 Å². The van der Waals surface area contributed by atoms with Gasteiger partial charge in [-0.05, 0) is 164 Å². The largest absolute Gasteiger partial charge is 0.494 e. The van der Waals surface area contributed by atoms with Crippen molar-refractivity contribution in [1.29, 1.82) is 0 Å². The second kappa shape index (κ2) is 19.3. The fourth-order valence-corrected chi connectivity index (χ4v) is 10.6. The van der Waals surface area contributed by atoms with E-state index in [0.717, 1.165) is 85.2 Å². The summed E-state index contributed by atoms with van der Waals surface area (Å²) in [5, 5.41) is 17.8. The lowest BCUT2D eigenvalue weighted by molar-refractivity contribution is -0.144. The maximum absolute atomic E-state index is 13.1. The standard InChI is InChI=1S/C52H59ClN4O5/c1-35(34-62-47-18-25-55-46-15-5-9-36(2)49(46)47)27-41-30-39-16-17-44(32-45(39)51(41)19-21-52(22-20-51,50(59)60)57-43-14-7-13-42(53)31-43)61-26-4-3-24-56-48(58)29-37-10-6-11-38(28-37)40-12-8-23-54-33-40/h6-8,10-14,16-18,23,25,28,31-33,35-36,41,57H,3-5,9,15,19-22,24,26-27,29-30,34H2,1-2H3,(H,56,58)(H,59,60)/t35-,36-,41?,51?,52?/m1/s1. The molecule has 3 atom stereocenters. The monoisotopic (exact) mass is 854 g/mol. The molecule has 3 aliphatic rings. The maximum Gasteiger partial charge on any atom is 0.329 e. The van der Waals surface area contributed by atoms with Crippen molar-refractivity contribution >= 4 is 29.2 Å². The fourth-order valence-electron chi connectivity index (χ4n) is 10.5. The molecule has 1 saturated carbocycles. The number of anilines is 1. The number of hydrogen-bond donors (Lipinski definition) is 3. The highest BCUT2D eigenvalue weighted by Crippen LogP contribution is 2.57. The van der Waals surface area contributed by atoms with Gasteiger partial charge in [0.05, 0.1) is 19.6 Å². The van der Waals surface area contributed by atoms with Crippen molar-refractivity contribution in [3.63, 3.8) is 0 Å². The predicted octanol–water partition coefficient (Wildman–Crippen LogP) is 10.8. The van der Waals surface area contributed by atoms with E-state index in [1.54, 1.807) is 18.3 Å². The molecule has 1 amide bonds. The first-order chi connectivity index (χ1) is 30.1. The van der Waals surface area contributed by atoms with Crippen LogP contribution in [0.1, 0.15) is 106 Å². The Morgan fingerprint density at radius 2 is 1.77 bits per heavy atom. The first-order valence-corrected chi connectivity index (χ1v) is 22.9. The number of amides is 1. The molecule has 5 aromatic rings. The Morgan fingerprint density at radius 3 is 2.58 bits per heavy atom. The average Bonchev–Trinajstić information content (AvgIpc) is 3.56. The van der Waals surface area contributed by atoms with E-state index in [9.17, 15) is 14.7 Å². The number of carboxylic acids is 1. The minimum Gasteiger partial charge on any atom is -0.494 e. The summed E-state index contributed by atoms with van der Waals surface area (Å²) in [5.74, 6) is 2.04. The number of benzene rings is 3. The number of carbonyl (C=O) groups is 2. The van der Waals surface area contributed by atoms with Crippen molar-refractivity contribution in [3.05, 3.63) is 136 Å². The number of fused-ring (bicyclic) bond motifs is 3. The summed E-state index contributed by atoms with van der Waals surface area (Å²) >= 11 is 6.32. The second-order valence-corrected chi connectivity index (χ2v) is 18.5. The topological polar surface area (TPSA) is 123 Å². The highest BCUT2D eigenvalue weighted by molar-refractivity contribution is 6.30. The van der Waals surface area contributed by atoms with Gasteiger partial charge in [0.2, 0.25) is 5.91 Å². The van der Waals surface area contributed by atoms with Gasteiger partial charge in [-0.15, -0.1) is 0 Å². The van der Waals surface area contributed by atoms with Gasteiger partial charge in [0.1, 0.15) is 17.0 Å². The SMILES string of the molecule is C[C@@H](COc1ccnc2c1[C@H](C)CCC2)CC1Cc2ccc(OCCCCNC(=O)Cc3cccc(-c4cccnc4)c3)cc2C12CCC(Nc1cccc(Cl)c1)(C(=O)O)CC2. The Balaban J connectivity index is 0.907. The molecule has 324 valence electrons. The molecule has 1 fully saturated rings. The maximum atomic E-state index is 13.1. The highest BCUT2D eigenvalue weighted by atomic mass is 35.5. The van der Waals surface area contributed by atoms with Gasteiger partial charge in [0, 0.05) is 47.1 Å². The molecule has 3 aliphatic carbocycles. The zero-order chi connectivity index (χ0) is 43.1. The summed E-state index contributed by atoms with van der Waals surface area (Å²) in [7, 11) is 0. The van der Waals surface area contributed by atoms with Crippen LogP contribution >= 0.6 is 11.6 Å². The predicted molar refractivity (Wildman–Crippen MR) is 245 cm³/mol. The van der Waals surface area contributed by atoms with E-state index in [0.29, 0.717) is 55.9 Å². The number of rotatable bonds is 17. The molecule has 0 aliphatic heterocycles. The van der Waals surface area contributed by atoms with E-state index in [1.807, 2.05) is 67.0 Å². The molecule has 2 heterocycles. The van der Waals surface area contributed by atoms with Crippen LogP contribution < -0.4 is 20.1 Å². The Labute approximate surface area is 371 Å². The summed E-state index contributed by atoms with van der Waals surface area (Å²) in [4.78, 5) is 34.8. The molecular weight excluding hydrogens is 796 g/mol. The van der Waals surface area contributed by atoms with Crippen molar-refractivity contribution in [1.82, 2.24) is 15.3 Å². The number of nitrogens with one attached hydrogen (secondary N) is 2. The van der Waals surface area contributed by atoms with Gasteiger partial charge in [-0.3, -0.25) is 14.8 Å². The third-order valence-electron chi connectivity index (χ3n) is 13.7. The minimum atomic E-state index is -1.09. The number of unbranched alkanes of at least 4 members (excludes halogenated alkanes) is 1. The molecule has 0 saturated heterocycles. The van der Waals surface area contributed by atoms with Crippen LogP contribution in [-0.2, 0) is 34.3 Å². The van der Waals surface area contributed by atoms with Gasteiger partial charge in [-0.1, -0.05) is 67.9 Å². The minimum absolute atomic E-state index is 0.00153. The van der Waals surface area contributed by atoms with E-state index >= 15 is 0 Å². The number of halogens is 1. The molecule has 8 rings (SSSR count). The van der Waals surface area contributed by atoms with Gasteiger partial charge in [0.15, 0.2) is 0 Å². The van der Waals surface area contributed by atoms with Gasteiger partial charge in [0.25, 0.3) is 0 Å². The van der Waals surface area contributed by atoms with Crippen molar-refractivity contribution < 1.29 is 24.2 Å². The lowest BCUT2D eigenvalue weighted by atomic mass is 9.59. The molecule has 3 N–H and O–H groups in total. The van der Waals surface area contributed by atoms with Crippen LogP contribution in [-0.4, -0.2) is 52.2 Å². The van der Waals surface area contributed by atoms with Gasteiger partial charge < -0.3 is 25.2 Å². The fraction of sp³-hybridized carbons (Fsp3) is 0.423. The van der Waals surface area contributed by atoms with Crippen molar-refractivity contribution in [3.8, 4) is 22.6 Å². The number of carbonyl (C=O) groups excluding carboxylic acids is 1. The van der Waals surface area contributed by atoms with E-state index in [1.165, 1.54) is 28.8 Å². The first-order valence-electron chi connectivity index (χ1n) is 22.5. The molecule has 9 nitrogen and oxygen atoms in total. The lowest BCUT2D eigenvalue weighted by Crippen LogP contribution is -2.53. The van der Waals surface area contributed by atoms with Gasteiger partial charge >= 0.3 is 5.97 Å². The van der Waals surface area contributed by atoms with Crippen molar-refractivity contribution in [2.75, 3.05) is 25.1 Å². The number of ether oxygens (including phenoxy) is 2. The van der Waals surface area contributed by atoms with E-state index in [2.05, 4.69) is 52.6 Å². The Kier molecular flexibility index (Phi) is 13.5. The quantitative estimate of drug-likeness (QED) is 0.0791. The van der Waals surface area contributed by atoms with Crippen LogP contribution in [0.15, 0.2) is 104 Å². The first kappa shape index (κ1) is 43.2. The molecule has 62 heavy (non-hydrogen) atoms. The molecule has 0 radical (unpaired) electrons. The lowest BCUT2D eigenvalue weighted by Gasteiger charge is -2.47. The Bertz CT molecular complexity index is 2350. The third-order valence-corrected chi connectivity index (χ3v) is 13.9. The molecule has 2 aromatic heterocycles. The van der Waals surface area contributed by atoms with E-state index in [-0.39, 0.29) is 17.2 Å². The summed E-state index contributed by atoms with van der Waals surface area (Å²) in [6, 6.07) is 27.9. The molecule has 10 heteroatoms. The summed E-state index contributed by atoms with van der Waals surface area (Å²) in [6.45, 7) is 6.31. The van der Waals surface area contributed by atoms with Crippen LogP contribution in [0.2, 0.25) is 5.02 Å². The number of carboxylic acid groups (broad SMARTS) is 1. The smallest absolute Gasteiger partial charge is 0.329 e. The van der Waals surface area contributed by atoms with Crippen molar-refractivity contribution in [2.24, 2.45) is 11.8 Å². The zero-order valence-electron chi connectivity index (χ0n) is 36.0. The second-order valence-electron chi connectivity index (χ2n) is 18.0. The number of hydrogen-bond acceptors (Lipinski definition) is 7. The number of nitrogens with zero attached hydrogens (tertiary/aromatic N) is 2. The number of pyridine rings is 2. The molecule has 0 bridgehead atoms. The van der Waals surface area contributed by atoms with Crippen LogP contribution in [0.25, 0.3) is 11.1 Å². The van der Waals surface area contributed by atoms with Gasteiger partial charge in [-0.25, -0.2) is 4.79 Å².